The van der Waals surface area contributed by atoms with Gasteiger partial charge >= 0.3 is 0 Å². The lowest BCUT2D eigenvalue weighted by Gasteiger charge is -2.25. The lowest BCUT2D eigenvalue weighted by Crippen LogP contribution is -2.29. The van der Waals surface area contributed by atoms with Crippen LogP contribution in [-0.4, -0.2) is 16.8 Å². The number of nitrogens with zero attached hydrogens (tertiary/aromatic N) is 1. The molecule has 0 bridgehead atoms. The van der Waals surface area contributed by atoms with Crippen molar-refractivity contribution in [1.29, 1.82) is 0 Å². The first kappa shape index (κ1) is 20.2. The zero-order valence-electron chi connectivity index (χ0n) is 17.7. The molecule has 0 spiro atoms. The SMILES string of the molecule is Cc1ccc(N2C(=O)C(=O)/C(=C(\O)c3cccc4ccccc34)C2c2cccs2)cc1C. The molecule has 1 N–H and O–H groups in total. The smallest absolute Gasteiger partial charge is 0.300 e. The normalized spacial score (nSPS) is 17.9. The van der Waals surface area contributed by atoms with Crippen molar-refractivity contribution in [3.8, 4) is 0 Å². The molecule has 1 saturated heterocycles. The molecule has 3 aromatic carbocycles. The highest BCUT2D eigenvalue weighted by Crippen LogP contribution is 2.44. The van der Waals surface area contributed by atoms with Gasteiger partial charge in [0.05, 0.1) is 5.57 Å². The Balaban J connectivity index is 1.76. The number of Topliss-reactive ketones (excluding diaryl/α,β-unsaturated/α-hetero) is 1. The first-order chi connectivity index (χ1) is 15.5. The number of hydrogen-bond donors (Lipinski definition) is 1. The molecule has 0 aliphatic carbocycles. The third kappa shape index (κ3) is 3.13. The van der Waals surface area contributed by atoms with Crippen molar-refractivity contribution in [2.45, 2.75) is 19.9 Å². The van der Waals surface area contributed by atoms with Gasteiger partial charge in [0.1, 0.15) is 11.8 Å². The summed E-state index contributed by atoms with van der Waals surface area (Å²) in [7, 11) is 0. The number of ketones is 1. The quantitative estimate of drug-likeness (QED) is 0.237. The molecule has 0 saturated carbocycles. The van der Waals surface area contributed by atoms with E-state index in [1.165, 1.54) is 16.2 Å². The number of aliphatic hydroxyl groups is 1. The number of thiophene rings is 1. The second-order valence-corrected chi connectivity index (χ2v) is 8.96. The average Bonchev–Trinajstić information content (AvgIpc) is 3.42. The number of aliphatic hydroxyl groups excluding tert-OH is 1. The Hall–Kier alpha value is -3.70. The van der Waals surface area contributed by atoms with Gasteiger partial charge in [-0.3, -0.25) is 14.5 Å². The Kier molecular flexibility index (Phi) is 4.91. The predicted molar refractivity (Wildman–Crippen MR) is 129 cm³/mol. The van der Waals surface area contributed by atoms with E-state index in [0.29, 0.717) is 11.3 Å². The summed E-state index contributed by atoms with van der Waals surface area (Å²) in [6.45, 7) is 3.98. The Labute approximate surface area is 190 Å². The van der Waals surface area contributed by atoms with Crippen LogP contribution in [0.15, 0.2) is 83.7 Å². The molecule has 1 fully saturated rings. The third-order valence-corrected chi connectivity index (χ3v) is 7.00. The van der Waals surface area contributed by atoms with E-state index in [-0.39, 0.29) is 11.3 Å². The van der Waals surface area contributed by atoms with E-state index in [4.69, 9.17) is 0 Å². The van der Waals surface area contributed by atoms with Crippen LogP contribution < -0.4 is 4.90 Å². The van der Waals surface area contributed by atoms with Gasteiger partial charge in [-0.15, -0.1) is 11.3 Å². The largest absolute Gasteiger partial charge is 0.507 e. The van der Waals surface area contributed by atoms with Crippen LogP contribution in [0, 0.1) is 13.8 Å². The summed E-state index contributed by atoms with van der Waals surface area (Å²) in [5.41, 5.74) is 3.44. The number of hydrogen-bond acceptors (Lipinski definition) is 4. The lowest BCUT2D eigenvalue weighted by atomic mass is 9.96. The van der Waals surface area contributed by atoms with Crippen LogP contribution in [0.5, 0.6) is 0 Å². The number of carbonyl (C=O) groups is 2. The van der Waals surface area contributed by atoms with E-state index in [1.54, 1.807) is 6.07 Å². The molecule has 5 rings (SSSR count). The van der Waals surface area contributed by atoms with E-state index in [9.17, 15) is 14.7 Å². The maximum Gasteiger partial charge on any atom is 0.300 e. The van der Waals surface area contributed by atoms with Crippen molar-refractivity contribution < 1.29 is 14.7 Å². The molecule has 158 valence electrons. The van der Waals surface area contributed by atoms with Gasteiger partial charge in [-0.05, 0) is 59.3 Å². The van der Waals surface area contributed by atoms with E-state index >= 15 is 0 Å². The maximum atomic E-state index is 13.3. The van der Waals surface area contributed by atoms with Crippen molar-refractivity contribution in [2.75, 3.05) is 4.90 Å². The summed E-state index contributed by atoms with van der Waals surface area (Å²) in [6, 6.07) is 22.1. The van der Waals surface area contributed by atoms with Crippen LogP contribution in [0.2, 0.25) is 0 Å². The molecule has 4 nitrogen and oxygen atoms in total. The molecule has 1 amide bonds. The first-order valence-corrected chi connectivity index (χ1v) is 11.2. The molecule has 1 aromatic heterocycles. The molecule has 5 heteroatoms. The molecule has 32 heavy (non-hydrogen) atoms. The predicted octanol–water partition coefficient (Wildman–Crippen LogP) is 6.14. The molecule has 2 heterocycles. The molecule has 4 aromatic rings. The van der Waals surface area contributed by atoms with Crippen LogP contribution in [0.4, 0.5) is 5.69 Å². The van der Waals surface area contributed by atoms with E-state index in [0.717, 1.165) is 26.8 Å². The van der Waals surface area contributed by atoms with Gasteiger partial charge in [0, 0.05) is 16.1 Å². The minimum absolute atomic E-state index is 0.118. The second-order valence-electron chi connectivity index (χ2n) is 7.98. The zero-order valence-corrected chi connectivity index (χ0v) is 18.5. The van der Waals surface area contributed by atoms with Crippen LogP contribution >= 0.6 is 11.3 Å². The van der Waals surface area contributed by atoms with Gasteiger partial charge in [-0.25, -0.2) is 0 Å². The minimum atomic E-state index is -0.684. The van der Waals surface area contributed by atoms with E-state index in [1.807, 2.05) is 86.0 Å². The number of fused-ring (bicyclic) bond motifs is 1. The molecule has 1 unspecified atom stereocenters. The zero-order chi connectivity index (χ0) is 22.4. The van der Waals surface area contributed by atoms with Gasteiger partial charge in [0.25, 0.3) is 11.7 Å². The second kappa shape index (κ2) is 7.77. The summed E-state index contributed by atoms with van der Waals surface area (Å²) in [6.07, 6.45) is 0. The fraction of sp³-hybridized carbons (Fsp3) is 0.111. The van der Waals surface area contributed by atoms with Crippen molar-refractivity contribution in [1.82, 2.24) is 0 Å². The molecule has 1 aliphatic rings. The Morgan fingerprint density at radius 2 is 1.69 bits per heavy atom. The lowest BCUT2D eigenvalue weighted by molar-refractivity contribution is -0.132. The summed E-state index contributed by atoms with van der Waals surface area (Å²) < 4.78 is 0. The highest BCUT2D eigenvalue weighted by molar-refractivity contribution is 7.10. The molecule has 1 aliphatic heterocycles. The summed E-state index contributed by atoms with van der Waals surface area (Å²) in [5.74, 6) is -1.45. The molecular formula is C27H21NO3S. The number of aryl methyl sites for hydroxylation is 2. The van der Waals surface area contributed by atoms with Gasteiger partial charge in [-0.1, -0.05) is 54.6 Å². The topological polar surface area (TPSA) is 57.6 Å². The van der Waals surface area contributed by atoms with E-state index < -0.39 is 17.7 Å². The third-order valence-electron chi connectivity index (χ3n) is 6.07. The number of benzene rings is 3. The maximum absolute atomic E-state index is 13.3. The fourth-order valence-electron chi connectivity index (χ4n) is 4.27. The van der Waals surface area contributed by atoms with Crippen LogP contribution in [0.1, 0.15) is 27.6 Å². The van der Waals surface area contributed by atoms with Gasteiger partial charge in [0.15, 0.2) is 0 Å². The molecule has 1 atom stereocenters. The van der Waals surface area contributed by atoms with Crippen molar-refractivity contribution >= 4 is 45.2 Å². The highest BCUT2D eigenvalue weighted by atomic mass is 32.1. The number of carbonyl (C=O) groups excluding carboxylic acids is 2. The van der Waals surface area contributed by atoms with Crippen LogP contribution in [0.3, 0.4) is 0 Å². The minimum Gasteiger partial charge on any atom is -0.507 e. The van der Waals surface area contributed by atoms with Gasteiger partial charge < -0.3 is 5.11 Å². The van der Waals surface area contributed by atoms with Crippen molar-refractivity contribution in [3.05, 3.63) is 105 Å². The molecular weight excluding hydrogens is 418 g/mol. The van der Waals surface area contributed by atoms with Crippen LogP contribution in [-0.2, 0) is 9.59 Å². The average molecular weight is 440 g/mol. The van der Waals surface area contributed by atoms with Gasteiger partial charge in [-0.2, -0.15) is 0 Å². The van der Waals surface area contributed by atoms with Crippen molar-refractivity contribution in [3.63, 3.8) is 0 Å². The first-order valence-electron chi connectivity index (χ1n) is 10.4. The number of anilines is 1. The standard InChI is InChI=1S/C27H21NO3S/c1-16-12-13-19(15-17(16)2)28-24(22-11-6-14-32-22)23(26(30)27(28)31)25(29)21-10-5-8-18-7-3-4-9-20(18)21/h3-15,24,29H,1-2H3/b25-23-. The summed E-state index contributed by atoms with van der Waals surface area (Å²) in [5, 5.41) is 15.1. The summed E-state index contributed by atoms with van der Waals surface area (Å²) in [4.78, 5) is 28.9. The highest BCUT2D eigenvalue weighted by Gasteiger charge is 2.47. The summed E-state index contributed by atoms with van der Waals surface area (Å²) >= 11 is 1.46. The number of amides is 1. The van der Waals surface area contributed by atoms with Crippen molar-refractivity contribution in [2.24, 2.45) is 0 Å². The Morgan fingerprint density at radius 3 is 2.44 bits per heavy atom. The fourth-order valence-corrected chi connectivity index (χ4v) is 5.09. The molecule has 0 radical (unpaired) electrons. The monoisotopic (exact) mass is 439 g/mol. The van der Waals surface area contributed by atoms with Gasteiger partial charge in [0.2, 0.25) is 0 Å². The Morgan fingerprint density at radius 1 is 0.906 bits per heavy atom. The van der Waals surface area contributed by atoms with E-state index in [2.05, 4.69) is 0 Å². The Bertz CT molecular complexity index is 1400. The number of rotatable bonds is 3. The van der Waals surface area contributed by atoms with Crippen LogP contribution in [0.25, 0.3) is 16.5 Å².